The van der Waals surface area contributed by atoms with Crippen molar-refractivity contribution in [2.75, 3.05) is 11.5 Å². The molecule has 0 aromatic heterocycles. The standard InChI is InChI=1S/C13H16O2S/c14-13(15)12(10-4-2-1-3-5-10)11-6-8-16-9-7-11/h1-5,11-12H,6-9H2,(H,14,15). The lowest BCUT2D eigenvalue weighted by molar-refractivity contribution is -0.140. The summed E-state index contributed by atoms with van der Waals surface area (Å²) in [6.45, 7) is 0. The van der Waals surface area contributed by atoms with Gasteiger partial charge in [0.2, 0.25) is 0 Å². The molecular weight excluding hydrogens is 220 g/mol. The molecule has 1 unspecified atom stereocenters. The number of carboxylic acids is 1. The normalized spacial score (nSPS) is 19.2. The zero-order valence-electron chi connectivity index (χ0n) is 9.13. The van der Waals surface area contributed by atoms with Gasteiger partial charge in [-0.3, -0.25) is 4.79 Å². The minimum atomic E-state index is -0.678. The molecule has 3 heteroatoms. The van der Waals surface area contributed by atoms with Crippen molar-refractivity contribution in [3.05, 3.63) is 35.9 Å². The van der Waals surface area contributed by atoms with E-state index in [1.165, 1.54) is 0 Å². The average molecular weight is 236 g/mol. The predicted octanol–water partition coefficient (Wildman–Crippen LogP) is 3.00. The summed E-state index contributed by atoms with van der Waals surface area (Å²) in [6, 6.07) is 9.63. The van der Waals surface area contributed by atoms with E-state index in [0.717, 1.165) is 29.9 Å². The highest BCUT2D eigenvalue weighted by Gasteiger charge is 2.30. The maximum atomic E-state index is 11.4. The summed E-state index contributed by atoms with van der Waals surface area (Å²) in [5.41, 5.74) is 0.951. The van der Waals surface area contributed by atoms with Crippen LogP contribution in [-0.2, 0) is 4.79 Å². The summed E-state index contributed by atoms with van der Waals surface area (Å²) in [6.07, 6.45) is 2.05. The van der Waals surface area contributed by atoms with Crippen molar-refractivity contribution in [3.8, 4) is 0 Å². The lowest BCUT2D eigenvalue weighted by atomic mass is 9.82. The van der Waals surface area contributed by atoms with Crippen molar-refractivity contribution in [1.29, 1.82) is 0 Å². The minimum Gasteiger partial charge on any atom is -0.481 e. The Labute approximate surface area is 100 Å². The van der Waals surface area contributed by atoms with Crippen LogP contribution in [0.2, 0.25) is 0 Å². The summed E-state index contributed by atoms with van der Waals surface area (Å²) < 4.78 is 0. The molecule has 1 aliphatic heterocycles. The smallest absolute Gasteiger partial charge is 0.311 e. The second-order valence-electron chi connectivity index (χ2n) is 4.18. The van der Waals surface area contributed by atoms with E-state index in [2.05, 4.69) is 0 Å². The minimum absolute atomic E-state index is 0.307. The zero-order valence-corrected chi connectivity index (χ0v) is 9.95. The van der Waals surface area contributed by atoms with Crippen LogP contribution in [0.4, 0.5) is 0 Å². The van der Waals surface area contributed by atoms with Gasteiger partial charge in [0.15, 0.2) is 0 Å². The molecule has 1 atom stereocenters. The highest BCUT2D eigenvalue weighted by Crippen LogP contribution is 2.35. The molecule has 0 radical (unpaired) electrons. The fourth-order valence-electron chi connectivity index (χ4n) is 2.33. The molecule has 1 aromatic rings. The van der Waals surface area contributed by atoms with Crippen LogP contribution in [0.3, 0.4) is 0 Å². The molecule has 1 aromatic carbocycles. The first kappa shape index (κ1) is 11.5. The molecule has 1 fully saturated rings. The molecule has 0 spiro atoms. The predicted molar refractivity (Wildman–Crippen MR) is 66.9 cm³/mol. The number of aliphatic carboxylic acids is 1. The molecule has 0 saturated carbocycles. The third-order valence-corrected chi connectivity index (χ3v) is 4.21. The van der Waals surface area contributed by atoms with Crippen LogP contribution in [0.5, 0.6) is 0 Å². The number of rotatable bonds is 3. The molecule has 86 valence electrons. The lowest BCUT2D eigenvalue weighted by Crippen LogP contribution is -2.24. The fraction of sp³-hybridized carbons (Fsp3) is 0.462. The Kier molecular flexibility index (Phi) is 3.88. The van der Waals surface area contributed by atoms with E-state index in [0.29, 0.717) is 5.92 Å². The molecule has 1 N–H and O–H groups in total. The average Bonchev–Trinajstić information content (AvgIpc) is 2.31. The molecule has 1 aliphatic rings. The van der Waals surface area contributed by atoms with Crippen LogP contribution >= 0.6 is 11.8 Å². The van der Waals surface area contributed by atoms with Crippen LogP contribution in [0.1, 0.15) is 24.3 Å². The van der Waals surface area contributed by atoms with Crippen molar-refractivity contribution in [2.24, 2.45) is 5.92 Å². The van der Waals surface area contributed by atoms with Crippen LogP contribution in [-0.4, -0.2) is 22.6 Å². The number of carbonyl (C=O) groups is 1. The SMILES string of the molecule is O=C(O)C(c1ccccc1)C1CCSCC1. The van der Waals surface area contributed by atoms with Crippen molar-refractivity contribution in [2.45, 2.75) is 18.8 Å². The van der Waals surface area contributed by atoms with Crippen LogP contribution in [0, 0.1) is 5.92 Å². The molecule has 2 nitrogen and oxygen atoms in total. The highest BCUT2D eigenvalue weighted by atomic mass is 32.2. The number of hydrogen-bond donors (Lipinski definition) is 1. The molecule has 0 amide bonds. The summed E-state index contributed by atoms with van der Waals surface area (Å²) in [7, 11) is 0. The number of hydrogen-bond acceptors (Lipinski definition) is 2. The van der Waals surface area contributed by atoms with Gasteiger partial charge in [-0.15, -0.1) is 0 Å². The maximum absolute atomic E-state index is 11.4. The Morgan fingerprint density at radius 1 is 1.25 bits per heavy atom. The fourth-order valence-corrected chi connectivity index (χ4v) is 3.47. The summed E-state index contributed by atoms with van der Waals surface area (Å²) >= 11 is 1.93. The Morgan fingerprint density at radius 2 is 1.88 bits per heavy atom. The molecule has 1 heterocycles. The Morgan fingerprint density at radius 3 is 2.44 bits per heavy atom. The molecule has 16 heavy (non-hydrogen) atoms. The molecular formula is C13H16O2S. The quantitative estimate of drug-likeness (QED) is 0.876. The van der Waals surface area contributed by atoms with Gasteiger partial charge in [-0.05, 0) is 35.8 Å². The number of thioether (sulfide) groups is 1. The van der Waals surface area contributed by atoms with Crippen molar-refractivity contribution >= 4 is 17.7 Å². The molecule has 0 bridgehead atoms. The van der Waals surface area contributed by atoms with Crippen molar-refractivity contribution in [1.82, 2.24) is 0 Å². The first-order valence-corrected chi connectivity index (χ1v) is 6.80. The van der Waals surface area contributed by atoms with Crippen LogP contribution in [0.25, 0.3) is 0 Å². The molecule has 2 rings (SSSR count). The van der Waals surface area contributed by atoms with E-state index in [1.807, 2.05) is 42.1 Å². The Balaban J connectivity index is 2.20. The van der Waals surface area contributed by atoms with E-state index in [4.69, 9.17) is 0 Å². The van der Waals surface area contributed by atoms with Gasteiger partial charge in [0, 0.05) is 0 Å². The van der Waals surface area contributed by atoms with E-state index < -0.39 is 5.97 Å². The Bertz CT molecular complexity index is 344. The van der Waals surface area contributed by atoms with E-state index in [1.54, 1.807) is 0 Å². The van der Waals surface area contributed by atoms with Crippen molar-refractivity contribution < 1.29 is 9.90 Å². The van der Waals surface area contributed by atoms with Gasteiger partial charge in [0.25, 0.3) is 0 Å². The highest BCUT2D eigenvalue weighted by molar-refractivity contribution is 7.99. The van der Waals surface area contributed by atoms with Gasteiger partial charge < -0.3 is 5.11 Å². The summed E-state index contributed by atoms with van der Waals surface area (Å²) in [4.78, 5) is 11.4. The van der Waals surface area contributed by atoms with E-state index >= 15 is 0 Å². The second kappa shape index (κ2) is 5.39. The van der Waals surface area contributed by atoms with Gasteiger partial charge in [-0.2, -0.15) is 11.8 Å². The largest absolute Gasteiger partial charge is 0.481 e. The van der Waals surface area contributed by atoms with Crippen molar-refractivity contribution in [3.63, 3.8) is 0 Å². The number of benzene rings is 1. The topological polar surface area (TPSA) is 37.3 Å². The first-order chi connectivity index (χ1) is 7.79. The zero-order chi connectivity index (χ0) is 11.4. The second-order valence-corrected chi connectivity index (χ2v) is 5.40. The molecule has 0 aliphatic carbocycles. The van der Waals surface area contributed by atoms with Gasteiger partial charge in [-0.25, -0.2) is 0 Å². The van der Waals surface area contributed by atoms with Gasteiger partial charge in [-0.1, -0.05) is 30.3 Å². The Hall–Kier alpha value is -0.960. The van der Waals surface area contributed by atoms with E-state index in [-0.39, 0.29) is 5.92 Å². The number of carboxylic acid groups (broad SMARTS) is 1. The van der Waals surface area contributed by atoms with E-state index in [9.17, 15) is 9.90 Å². The third kappa shape index (κ3) is 2.59. The van der Waals surface area contributed by atoms with Crippen LogP contribution in [0.15, 0.2) is 30.3 Å². The van der Waals surface area contributed by atoms with Gasteiger partial charge in [0.05, 0.1) is 5.92 Å². The van der Waals surface area contributed by atoms with Gasteiger partial charge in [0.1, 0.15) is 0 Å². The summed E-state index contributed by atoms with van der Waals surface area (Å²) in [5.74, 6) is 1.51. The van der Waals surface area contributed by atoms with Gasteiger partial charge >= 0.3 is 5.97 Å². The monoisotopic (exact) mass is 236 g/mol. The maximum Gasteiger partial charge on any atom is 0.311 e. The third-order valence-electron chi connectivity index (χ3n) is 3.16. The van der Waals surface area contributed by atoms with Crippen LogP contribution < -0.4 is 0 Å². The first-order valence-electron chi connectivity index (χ1n) is 5.64. The summed E-state index contributed by atoms with van der Waals surface area (Å²) in [5, 5.41) is 9.37. The lowest BCUT2D eigenvalue weighted by Gasteiger charge is -2.27. The molecule has 1 saturated heterocycles.